The Kier molecular flexibility index (Phi) is 6.05. The van der Waals surface area contributed by atoms with E-state index in [1.807, 2.05) is 17.9 Å². The lowest BCUT2D eigenvalue weighted by atomic mass is 9.91. The van der Waals surface area contributed by atoms with Gasteiger partial charge in [0.2, 0.25) is 11.9 Å². The van der Waals surface area contributed by atoms with Gasteiger partial charge in [-0.3, -0.25) is 14.7 Å². The first-order chi connectivity index (χ1) is 16.1. The number of fused-ring (bicyclic) bond motifs is 1. The van der Waals surface area contributed by atoms with E-state index in [-0.39, 0.29) is 11.9 Å². The Morgan fingerprint density at radius 3 is 2.61 bits per heavy atom. The van der Waals surface area contributed by atoms with Gasteiger partial charge >= 0.3 is 0 Å². The van der Waals surface area contributed by atoms with Gasteiger partial charge in [-0.25, -0.2) is 9.97 Å². The summed E-state index contributed by atoms with van der Waals surface area (Å²) in [6.45, 7) is 5.13. The molecule has 0 unspecified atom stereocenters. The van der Waals surface area contributed by atoms with Crippen LogP contribution >= 0.6 is 0 Å². The Balaban J connectivity index is 1.23. The van der Waals surface area contributed by atoms with Crippen LogP contribution in [-0.2, 0) is 11.2 Å². The number of benzene rings is 1. The molecular formula is C26H30N6O. The maximum atomic E-state index is 13.1. The van der Waals surface area contributed by atoms with Gasteiger partial charge in [0.05, 0.1) is 6.54 Å². The molecule has 0 saturated carbocycles. The molecule has 33 heavy (non-hydrogen) atoms. The van der Waals surface area contributed by atoms with Gasteiger partial charge in [0.1, 0.15) is 0 Å². The molecule has 0 aliphatic carbocycles. The van der Waals surface area contributed by atoms with Gasteiger partial charge in [-0.05, 0) is 75.0 Å². The minimum atomic E-state index is 0.208. The van der Waals surface area contributed by atoms with Gasteiger partial charge in [-0.15, -0.1) is 0 Å². The zero-order valence-corrected chi connectivity index (χ0v) is 19.1. The highest BCUT2D eigenvalue weighted by molar-refractivity contribution is 5.96. The molecule has 0 radical (unpaired) electrons. The average molecular weight is 443 g/mol. The van der Waals surface area contributed by atoms with Crippen molar-refractivity contribution in [2.24, 2.45) is 0 Å². The van der Waals surface area contributed by atoms with Crippen molar-refractivity contribution in [3.05, 3.63) is 65.7 Å². The second kappa shape index (κ2) is 9.27. The van der Waals surface area contributed by atoms with Crippen LogP contribution in [-0.4, -0.2) is 51.9 Å². The molecule has 4 heterocycles. The molecule has 7 nitrogen and oxygen atoms in total. The molecule has 2 aromatic heterocycles. The number of aromatic nitrogens is 3. The van der Waals surface area contributed by atoms with Crippen molar-refractivity contribution < 1.29 is 4.79 Å². The maximum Gasteiger partial charge on any atom is 0.241 e. The summed E-state index contributed by atoms with van der Waals surface area (Å²) < 4.78 is 0. The average Bonchev–Trinajstić information content (AvgIpc) is 2.84. The van der Waals surface area contributed by atoms with E-state index in [0.717, 1.165) is 73.5 Å². The van der Waals surface area contributed by atoms with Crippen LogP contribution < -0.4 is 10.6 Å². The van der Waals surface area contributed by atoms with Crippen molar-refractivity contribution in [2.45, 2.75) is 38.5 Å². The normalized spacial score (nSPS) is 17.1. The van der Waals surface area contributed by atoms with E-state index in [1.54, 1.807) is 12.4 Å². The predicted octanol–water partition coefficient (Wildman–Crippen LogP) is 3.59. The minimum absolute atomic E-state index is 0.208. The number of carbonyl (C=O) groups is 1. The van der Waals surface area contributed by atoms with E-state index in [1.165, 1.54) is 5.56 Å². The summed E-state index contributed by atoms with van der Waals surface area (Å²) in [6, 6.07) is 12.5. The number of amides is 1. The smallest absolute Gasteiger partial charge is 0.241 e. The molecule has 1 saturated heterocycles. The second-order valence-electron chi connectivity index (χ2n) is 9.08. The molecule has 2 aliphatic heterocycles. The topological polar surface area (TPSA) is 88.2 Å². The summed E-state index contributed by atoms with van der Waals surface area (Å²) in [5, 5.41) is 0. The van der Waals surface area contributed by atoms with Gasteiger partial charge in [-0.2, -0.15) is 0 Å². The third-order valence-electron chi connectivity index (χ3n) is 6.75. The summed E-state index contributed by atoms with van der Waals surface area (Å²) in [5.74, 6) is 0.875. The molecule has 1 fully saturated rings. The first-order valence-corrected chi connectivity index (χ1v) is 11.7. The van der Waals surface area contributed by atoms with Crippen molar-refractivity contribution in [1.29, 1.82) is 0 Å². The highest BCUT2D eigenvalue weighted by Crippen LogP contribution is 2.31. The SMILES string of the molecule is Cc1cc(-c2cnc(N)nc2)cc(C2CCN(CC(=O)N3CCCc4ccccc43)CC2)n1. The number of hydrogen-bond donors (Lipinski definition) is 1. The lowest BCUT2D eigenvalue weighted by molar-refractivity contribution is -0.120. The number of rotatable bonds is 4. The molecule has 0 bridgehead atoms. The van der Waals surface area contributed by atoms with Crippen molar-refractivity contribution in [1.82, 2.24) is 19.9 Å². The Morgan fingerprint density at radius 1 is 1.06 bits per heavy atom. The Bertz CT molecular complexity index is 1140. The van der Waals surface area contributed by atoms with Gasteiger partial charge in [0.15, 0.2) is 0 Å². The molecule has 5 rings (SSSR count). The van der Waals surface area contributed by atoms with Crippen LogP contribution in [0.4, 0.5) is 11.6 Å². The number of aryl methyl sites for hydroxylation is 2. The van der Waals surface area contributed by atoms with E-state index in [2.05, 4.69) is 45.2 Å². The van der Waals surface area contributed by atoms with Crippen LogP contribution in [0.1, 0.15) is 42.1 Å². The molecule has 0 spiro atoms. The van der Waals surface area contributed by atoms with Crippen molar-refractivity contribution >= 4 is 17.5 Å². The second-order valence-corrected chi connectivity index (χ2v) is 9.08. The van der Waals surface area contributed by atoms with Crippen LogP contribution in [0.2, 0.25) is 0 Å². The van der Waals surface area contributed by atoms with E-state index in [4.69, 9.17) is 10.7 Å². The number of anilines is 2. The van der Waals surface area contributed by atoms with Crippen molar-refractivity contribution in [3.8, 4) is 11.1 Å². The molecule has 2 aliphatic rings. The lowest BCUT2D eigenvalue weighted by Gasteiger charge is -2.35. The first kappa shape index (κ1) is 21.5. The van der Waals surface area contributed by atoms with Gasteiger partial charge < -0.3 is 10.6 Å². The quantitative estimate of drug-likeness (QED) is 0.664. The molecule has 0 atom stereocenters. The fraction of sp³-hybridized carbons (Fsp3) is 0.385. The third kappa shape index (κ3) is 4.73. The number of pyridine rings is 1. The Hall–Kier alpha value is -3.32. The van der Waals surface area contributed by atoms with Crippen LogP contribution in [0.15, 0.2) is 48.8 Å². The maximum absolute atomic E-state index is 13.1. The Morgan fingerprint density at radius 2 is 1.82 bits per heavy atom. The number of likely N-dealkylation sites (tertiary alicyclic amines) is 1. The molecule has 170 valence electrons. The predicted molar refractivity (Wildman–Crippen MR) is 130 cm³/mol. The number of nitrogens with zero attached hydrogens (tertiary/aromatic N) is 5. The standard InChI is InChI=1S/C26H30N6O/c1-18-13-21(22-15-28-26(27)29-16-22)14-23(30-18)19-8-11-31(12-9-19)17-25(33)32-10-4-6-20-5-2-3-7-24(20)32/h2-3,5,7,13-16,19H,4,6,8-12,17H2,1H3,(H2,27,28,29). The third-order valence-corrected chi connectivity index (χ3v) is 6.75. The van der Waals surface area contributed by atoms with E-state index in [9.17, 15) is 4.79 Å². The fourth-order valence-corrected chi connectivity index (χ4v) is 5.01. The highest BCUT2D eigenvalue weighted by Gasteiger charge is 2.27. The fourth-order valence-electron chi connectivity index (χ4n) is 5.01. The molecule has 3 aromatic rings. The van der Waals surface area contributed by atoms with E-state index < -0.39 is 0 Å². The lowest BCUT2D eigenvalue weighted by Crippen LogP contribution is -2.45. The molecule has 1 amide bonds. The first-order valence-electron chi connectivity index (χ1n) is 11.7. The molecule has 1 aromatic carbocycles. The largest absolute Gasteiger partial charge is 0.368 e. The van der Waals surface area contributed by atoms with Crippen molar-refractivity contribution in [2.75, 3.05) is 36.8 Å². The summed E-state index contributed by atoms with van der Waals surface area (Å²) in [5.41, 5.74) is 12.1. The zero-order chi connectivity index (χ0) is 22.8. The summed E-state index contributed by atoms with van der Waals surface area (Å²) in [6.07, 6.45) is 7.60. The molecule has 2 N–H and O–H groups in total. The molecular weight excluding hydrogens is 412 g/mol. The monoisotopic (exact) mass is 442 g/mol. The highest BCUT2D eigenvalue weighted by atomic mass is 16.2. The number of carbonyl (C=O) groups excluding carboxylic acids is 1. The number of nitrogens with two attached hydrogens (primary N) is 1. The zero-order valence-electron chi connectivity index (χ0n) is 19.1. The van der Waals surface area contributed by atoms with Crippen LogP contribution in [0.25, 0.3) is 11.1 Å². The summed E-state index contributed by atoms with van der Waals surface area (Å²) in [7, 11) is 0. The van der Waals surface area contributed by atoms with Crippen LogP contribution in [0.5, 0.6) is 0 Å². The van der Waals surface area contributed by atoms with Crippen molar-refractivity contribution in [3.63, 3.8) is 0 Å². The van der Waals surface area contributed by atoms with Gasteiger partial charge in [-0.1, -0.05) is 18.2 Å². The summed E-state index contributed by atoms with van der Waals surface area (Å²) in [4.78, 5) is 30.4. The number of hydrogen-bond acceptors (Lipinski definition) is 6. The van der Waals surface area contributed by atoms with E-state index >= 15 is 0 Å². The molecule has 7 heteroatoms. The van der Waals surface area contributed by atoms with E-state index in [0.29, 0.717) is 12.5 Å². The van der Waals surface area contributed by atoms with Crippen LogP contribution in [0.3, 0.4) is 0 Å². The number of nitrogen functional groups attached to an aromatic ring is 1. The minimum Gasteiger partial charge on any atom is -0.368 e. The van der Waals surface area contributed by atoms with Gasteiger partial charge in [0.25, 0.3) is 0 Å². The van der Waals surface area contributed by atoms with Gasteiger partial charge in [0, 0.05) is 47.5 Å². The number of para-hydroxylation sites is 1. The van der Waals surface area contributed by atoms with Crippen LogP contribution in [0, 0.1) is 6.92 Å². The summed E-state index contributed by atoms with van der Waals surface area (Å²) >= 11 is 0. The number of piperidine rings is 1. The Labute approximate surface area is 194 Å².